The topological polar surface area (TPSA) is 44.7 Å². The SMILES string of the molecule is CC(C)CCCCCOc1c2ccoc2c(OCCCCCC(C)C)c2ccoc12. The highest BCUT2D eigenvalue weighted by molar-refractivity contribution is 6.06. The summed E-state index contributed by atoms with van der Waals surface area (Å²) in [7, 11) is 0. The van der Waals surface area contributed by atoms with E-state index in [2.05, 4.69) is 27.7 Å². The Morgan fingerprint density at radius 2 is 1.07 bits per heavy atom. The molecular weight excluding hydrogens is 376 g/mol. The van der Waals surface area contributed by atoms with Crippen LogP contribution >= 0.6 is 0 Å². The average molecular weight is 415 g/mol. The Morgan fingerprint density at radius 3 is 1.47 bits per heavy atom. The van der Waals surface area contributed by atoms with Gasteiger partial charge in [0.25, 0.3) is 0 Å². The van der Waals surface area contributed by atoms with E-state index in [1.165, 1.54) is 38.5 Å². The molecule has 0 aliphatic heterocycles. The molecule has 3 rings (SSSR count). The maximum absolute atomic E-state index is 6.18. The number of hydrogen-bond acceptors (Lipinski definition) is 4. The van der Waals surface area contributed by atoms with Crippen molar-refractivity contribution in [3.63, 3.8) is 0 Å². The summed E-state index contributed by atoms with van der Waals surface area (Å²) >= 11 is 0. The van der Waals surface area contributed by atoms with Crippen molar-refractivity contribution in [2.45, 2.75) is 79.1 Å². The monoisotopic (exact) mass is 414 g/mol. The van der Waals surface area contributed by atoms with Gasteiger partial charge in [0, 0.05) is 0 Å². The minimum atomic E-state index is 0.685. The molecule has 0 unspecified atom stereocenters. The first-order valence-corrected chi connectivity index (χ1v) is 11.7. The zero-order chi connectivity index (χ0) is 21.3. The normalized spacial score (nSPS) is 11.9. The van der Waals surface area contributed by atoms with E-state index in [-0.39, 0.29) is 0 Å². The highest BCUT2D eigenvalue weighted by atomic mass is 16.5. The third-order valence-electron chi connectivity index (χ3n) is 5.58. The fourth-order valence-corrected chi connectivity index (χ4v) is 3.87. The van der Waals surface area contributed by atoms with E-state index >= 15 is 0 Å². The Hall–Kier alpha value is -2.10. The van der Waals surface area contributed by atoms with Crippen molar-refractivity contribution >= 4 is 21.9 Å². The van der Waals surface area contributed by atoms with Crippen LogP contribution in [0, 0.1) is 11.8 Å². The Labute approximate surface area is 180 Å². The van der Waals surface area contributed by atoms with Crippen LogP contribution in [0.5, 0.6) is 11.5 Å². The van der Waals surface area contributed by atoms with Gasteiger partial charge >= 0.3 is 0 Å². The second-order valence-electron chi connectivity index (χ2n) is 9.17. The van der Waals surface area contributed by atoms with Gasteiger partial charge in [-0.25, -0.2) is 0 Å². The van der Waals surface area contributed by atoms with Gasteiger partial charge < -0.3 is 18.3 Å². The summed E-state index contributed by atoms with van der Waals surface area (Å²) < 4.78 is 24.0. The molecule has 0 saturated carbocycles. The molecule has 1 aromatic carbocycles. The predicted octanol–water partition coefficient (Wildman–Crippen LogP) is 8.37. The van der Waals surface area contributed by atoms with E-state index in [0.29, 0.717) is 13.2 Å². The zero-order valence-corrected chi connectivity index (χ0v) is 19.2. The maximum atomic E-state index is 6.18. The molecule has 2 heterocycles. The molecule has 0 saturated heterocycles. The number of hydrogen-bond donors (Lipinski definition) is 0. The van der Waals surface area contributed by atoms with Gasteiger partial charge in [0.15, 0.2) is 22.7 Å². The van der Waals surface area contributed by atoms with Crippen molar-refractivity contribution in [2.75, 3.05) is 13.2 Å². The van der Waals surface area contributed by atoms with Gasteiger partial charge in [0.1, 0.15) is 0 Å². The molecule has 0 amide bonds. The van der Waals surface area contributed by atoms with Crippen LogP contribution in [0.25, 0.3) is 21.9 Å². The molecule has 30 heavy (non-hydrogen) atoms. The first-order valence-electron chi connectivity index (χ1n) is 11.7. The maximum Gasteiger partial charge on any atom is 0.180 e. The fraction of sp³-hybridized carbons (Fsp3) is 0.615. The second-order valence-corrected chi connectivity index (χ2v) is 9.17. The summed E-state index contributed by atoms with van der Waals surface area (Å²) in [5.74, 6) is 3.07. The Bertz CT molecular complexity index is 766. The molecular formula is C26H38O4. The van der Waals surface area contributed by atoms with Crippen LogP contribution in [0.3, 0.4) is 0 Å². The third-order valence-corrected chi connectivity index (χ3v) is 5.58. The van der Waals surface area contributed by atoms with Crippen LogP contribution in [0.15, 0.2) is 33.5 Å². The third kappa shape index (κ3) is 5.96. The molecule has 0 fully saturated rings. The summed E-state index contributed by atoms with van der Waals surface area (Å²) in [6, 6.07) is 3.89. The van der Waals surface area contributed by atoms with Gasteiger partial charge in [-0.2, -0.15) is 0 Å². The highest BCUT2D eigenvalue weighted by Crippen LogP contribution is 2.44. The Kier molecular flexibility index (Phi) is 8.53. The first kappa shape index (κ1) is 22.6. The lowest BCUT2D eigenvalue weighted by molar-refractivity contribution is 0.300. The summed E-state index contributed by atoms with van der Waals surface area (Å²) in [6.07, 6.45) is 12.9. The summed E-state index contributed by atoms with van der Waals surface area (Å²) in [6.45, 7) is 10.5. The predicted molar refractivity (Wildman–Crippen MR) is 124 cm³/mol. The van der Waals surface area contributed by atoms with Gasteiger partial charge in [0.2, 0.25) is 0 Å². The van der Waals surface area contributed by atoms with Crippen molar-refractivity contribution < 1.29 is 18.3 Å². The lowest BCUT2D eigenvalue weighted by atomic mass is 10.1. The van der Waals surface area contributed by atoms with Crippen LogP contribution in [-0.2, 0) is 0 Å². The average Bonchev–Trinajstić information content (AvgIpc) is 3.37. The Balaban J connectivity index is 1.64. The van der Waals surface area contributed by atoms with Gasteiger partial charge in [0.05, 0.1) is 36.5 Å². The van der Waals surface area contributed by atoms with Crippen LogP contribution in [0.2, 0.25) is 0 Å². The number of fused-ring (bicyclic) bond motifs is 2. The van der Waals surface area contributed by atoms with E-state index in [4.69, 9.17) is 18.3 Å². The summed E-state index contributed by atoms with van der Waals surface area (Å²) in [5.41, 5.74) is 1.50. The lowest BCUT2D eigenvalue weighted by Crippen LogP contribution is -2.01. The molecule has 166 valence electrons. The molecule has 4 nitrogen and oxygen atoms in total. The van der Waals surface area contributed by atoms with Crippen LogP contribution < -0.4 is 9.47 Å². The van der Waals surface area contributed by atoms with Gasteiger partial charge in [-0.3, -0.25) is 0 Å². The fourth-order valence-electron chi connectivity index (χ4n) is 3.87. The van der Waals surface area contributed by atoms with Crippen molar-refractivity contribution in [3.8, 4) is 11.5 Å². The molecule has 0 radical (unpaired) electrons. The molecule has 0 spiro atoms. The quantitative estimate of drug-likeness (QED) is 0.248. The summed E-state index contributed by atoms with van der Waals surface area (Å²) in [4.78, 5) is 0. The van der Waals surface area contributed by atoms with E-state index in [1.807, 2.05) is 12.1 Å². The smallest absolute Gasteiger partial charge is 0.180 e. The first-order chi connectivity index (χ1) is 14.6. The van der Waals surface area contributed by atoms with Crippen molar-refractivity contribution in [1.29, 1.82) is 0 Å². The molecule has 2 aromatic heterocycles. The van der Waals surface area contributed by atoms with Crippen LogP contribution in [0.4, 0.5) is 0 Å². The van der Waals surface area contributed by atoms with Gasteiger partial charge in [-0.15, -0.1) is 0 Å². The Morgan fingerprint density at radius 1 is 0.633 bits per heavy atom. The zero-order valence-electron chi connectivity index (χ0n) is 19.2. The molecule has 0 bridgehead atoms. The molecule has 0 N–H and O–H groups in total. The molecule has 0 aliphatic rings. The van der Waals surface area contributed by atoms with E-state index in [1.54, 1.807) is 12.5 Å². The lowest BCUT2D eigenvalue weighted by Gasteiger charge is -2.12. The second kappa shape index (κ2) is 11.3. The van der Waals surface area contributed by atoms with Gasteiger partial charge in [-0.05, 0) is 36.8 Å². The van der Waals surface area contributed by atoms with E-state index in [9.17, 15) is 0 Å². The number of furan rings is 2. The largest absolute Gasteiger partial charge is 0.489 e. The molecule has 0 aliphatic carbocycles. The van der Waals surface area contributed by atoms with E-state index in [0.717, 1.165) is 58.1 Å². The van der Waals surface area contributed by atoms with Crippen LogP contribution in [0.1, 0.15) is 79.1 Å². The molecule has 3 aromatic rings. The minimum Gasteiger partial charge on any atom is -0.489 e. The van der Waals surface area contributed by atoms with E-state index < -0.39 is 0 Å². The number of unbranched alkanes of at least 4 members (excludes halogenated alkanes) is 4. The number of benzene rings is 1. The van der Waals surface area contributed by atoms with Crippen molar-refractivity contribution in [3.05, 3.63) is 24.7 Å². The molecule has 0 atom stereocenters. The number of rotatable bonds is 14. The molecule has 4 heteroatoms. The minimum absolute atomic E-state index is 0.685. The standard InChI is InChI=1S/C26H38O4/c1-19(2)11-7-5-9-15-27-23-21-13-17-30-26(21)24(22-14-18-29-25(22)23)28-16-10-6-8-12-20(3)4/h13-14,17-20H,5-12,15-16H2,1-4H3. The van der Waals surface area contributed by atoms with Crippen LogP contribution in [-0.4, -0.2) is 13.2 Å². The van der Waals surface area contributed by atoms with Gasteiger partial charge in [-0.1, -0.05) is 66.2 Å². The summed E-state index contributed by atoms with van der Waals surface area (Å²) in [5, 5.41) is 1.85. The highest BCUT2D eigenvalue weighted by Gasteiger charge is 2.21. The number of ether oxygens (including phenoxy) is 2. The van der Waals surface area contributed by atoms with Crippen molar-refractivity contribution in [1.82, 2.24) is 0 Å². The van der Waals surface area contributed by atoms with Crippen molar-refractivity contribution in [2.24, 2.45) is 11.8 Å².